The molecule has 0 aliphatic rings. The molecule has 0 spiro atoms. The standard InChI is InChI=1S/C12H14N4OS/c1-3-16-11(10-5-4-6-17-10)14-15-12(16)18-8-9(2)7-13/h4-6,9H,3,8H2,1-2H3/t9-/m0/s1. The zero-order valence-electron chi connectivity index (χ0n) is 10.3. The Morgan fingerprint density at radius 2 is 2.39 bits per heavy atom. The first-order valence-electron chi connectivity index (χ1n) is 5.75. The first-order chi connectivity index (χ1) is 8.76. The van der Waals surface area contributed by atoms with Gasteiger partial charge in [0.15, 0.2) is 16.7 Å². The highest BCUT2D eigenvalue weighted by atomic mass is 32.2. The van der Waals surface area contributed by atoms with Crippen LogP contribution in [0.1, 0.15) is 13.8 Å². The van der Waals surface area contributed by atoms with E-state index in [0.29, 0.717) is 11.5 Å². The molecule has 2 aromatic rings. The zero-order valence-corrected chi connectivity index (χ0v) is 11.1. The molecule has 6 heteroatoms. The lowest BCUT2D eigenvalue weighted by Gasteiger charge is -2.06. The summed E-state index contributed by atoms with van der Waals surface area (Å²) in [7, 11) is 0. The van der Waals surface area contributed by atoms with Gasteiger partial charge >= 0.3 is 0 Å². The van der Waals surface area contributed by atoms with E-state index in [0.717, 1.165) is 17.5 Å². The van der Waals surface area contributed by atoms with Gasteiger partial charge in [0.1, 0.15) is 0 Å². The molecule has 0 N–H and O–H groups in total. The first-order valence-corrected chi connectivity index (χ1v) is 6.74. The molecule has 94 valence electrons. The van der Waals surface area contributed by atoms with Gasteiger partial charge in [-0.15, -0.1) is 10.2 Å². The summed E-state index contributed by atoms with van der Waals surface area (Å²) in [6.45, 7) is 4.70. The summed E-state index contributed by atoms with van der Waals surface area (Å²) < 4.78 is 7.33. The van der Waals surface area contributed by atoms with Crippen LogP contribution in [-0.2, 0) is 6.54 Å². The molecule has 0 unspecified atom stereocenters. The predicted molar refractivity (Wildman–Crippen MR) is 68.9 cm³/mol. The van der Waals surface area contributed by atoms with Crippen molar-refractivity contribution in [2.45, 2.75) is 25.5 Å². The molecule has 1 atom stereocenters. The third-order valence-electron chi connectivity index (χ3n) is 2.46. The van der Waals surface area contributed by atoms with Gasteiger partial charge in [0.2, 0.25) is 0 Å². The molecule has 0 bridgehead atoms. The van der Waals surface area contributed by atoms with Crippen molar-refractivity contribution in [2.24, 2.45) is 5.92 Å². The van der Waals surface area contributed by atoms with Crippen LogP contribution in [0.15, 0.2) is 28.0 Å². The van der Waals surface area contributed by atoms with Crippen LogP contribution in [0.4, 0.5) is 0 Å². The largest absolute Gasteiger partial charge is 0.461 e. The maximum atomic E-state index is 8.77. The Morgan fingerprint density at radius 1 is 1.56 bits per heavy atom. The molecule has 2 rings (SSSR count). The number of aromatic nitrogens is 3. The Labute approximate surface area is 110 Å². The lowest BCUT2D eigenvalue weighted by atomic mass is 10.3. The third kappa shape index (κ3) is 2.57. The molecular formula is C12H14N4OS. The van der Waals surface area contributed by atoms with Gasteiger partial charge in [-0.2, -0.15) is 5.26 Å². The molecule has 0 aliphatic carbocycles. The van der Waals surface area contributed by atoms with Gasteiger partial charge in [-0.1, -0.05) is 11.8 Å². The van der Waals surface area contributed by atoms with E-state index in [1.54, 1.807) is 18.0 Å². The zero-order chi connectivity index (χ0) is 13.0. The van der Waals surface area contributed by atoms with Gasteiger partial charge in [-0.3, -0.25) is 4.57 Å². The number of thioether (sulfide) groups is 1. The average molecular weight is 262 g/mol. The Hall–Kier alpha value is -1.74. The number of furan rings is 1. The van der Waals surface area contributed by atoms with Crippen LogP contribution in [-0.4, -0.2) is 20.5 Å². The lowest BCUT2D eigenvalue weighted by molar-refractivity contribution is 0.567. The summed E-state index contributed by atoms with van der Waals surface area (Å²) in [5, 5.41) is 17.9. The van der Waals surface area contributed by atoms with Gasteiger partial charge in [-0.25, -0.2) is 0 Å². The van der Waals surface area contributed by atoms with E-state index < -0.39 is 0 Å². The smallest absolute Gasteiger partial charge is 0.200 e. The SMILES string of the molecule is CCn1c(SC[C@@H](C)C#N)nnc1-c1ccco1. The van der Waals surface area contributed by atoms with Crippen LogP contribution in [0, 0.1) is 17.2 Å². The van der Waals surface area contributed by atoms with Crippen molar-refractivity contribution in [3.8, 4) is 17.7 Å². The molecule has 18 heavy (non-hydrogen) atoms. The quantitative estimate of drug-likeness (QED) is 0.775. The van der Waals surface area contributed by atoms with E-state index in [1.165, 1.54) is 0 Å². The maximum Gasteiger partial charge on any atom is 0.200 e. The molecule has 0 fully saturated rings. The van der Waals surface area contributed by atoms with Crippen LogP contribution < -0.4 is 0 Å². The van der Waals surface area contributed by atoms with E-state index in [9.17, 15) is 0 Å². The molecule has 0 aromatic carbocycles. The fourth-order valence-corrected chi connectivity index (χ4v) is 2.45. The summed E-state index contributed by atoms with van der Waals surface area (Å²) in [5.74, 6) is 2.16. The maximum absolute atomic E-state index is 8.77. The molecule has 2 aromatic heterocycles. The topological polar surface area (TPSA) is 67.6 Å². The number of nitriles is 1. The minimum atomic E-state index is 0.00377. The van der Waals surface area contributed by atoms with Crippen molar-refractivity contribution >= 4 is 11.8 Å². The van der Waals surface area contributed by atoms with Crippen molar-refractivity contribution in [1.29, 1.82) is 5.26 Å². The Balaban J connectivity index is 2.20. The summed E-state index contributed by atoms with van der Waals surface area (Å²) in [5.41, 5.74) is 0. The molecule has 0 amide bonds. The second kappa shape index (κ2) is 5.74. The van der Waals surface area contributed by atoms with E-state index in [-0.39, 0.29) is 5.92 Å². The van der Waals surface area contributed by atoms with Crippen LogP contribution in [0.2, 0.25) is 0 Å². The Kier molecular flexibility index (Phi) is 4.05. The van der Waals surface area contributed by atoms with Gasteiger partial charge in [0.25, 0.3) is 0 Å². The monoisotopic (exact) mass is 262 g/mol. The summed E-state index contributed by atoms with van der Waals surface area (Å²) >= 11 is 1.55. The van der Waals surface area contributed by atoms with Crippen LogP contribution in [0.25, 0.3) is 11.6 Å². The highest BCUT2D eigenvalue weighted by Gasteiger charge is 2.15. The average Bonchev–Trinajstić information content (AvgIpc) is 3.03. The second-order valence-electron chi connectivity index (χ2n) is 3.87. The van der Waals surface area contributed by atoms with Crippen molar-refractivity contribution in [1.82, 2.24) is 14.8 Å². The van der Waals surface area contributed by atoms with E-state index in [1.807, 2.05) is 30.5 Å². The molecule has 2 heterocycles. The minimum Gasteiger partial charge on any atom is -0.461 e. The molecule has 0 aliphatic heterocycles. The summed E-state index contributed by atoms with van der Waals surface area (Å²) in [4.78, 5) is 0. The van der Waals surface area contributed by atoms with E-state index in [2.05, 4.69) is 16.3 Å². The van der Waals surface area contributed by atoms with Gasteiger partial charge < -0.3 is 4.42 Å². The summed E-state index contributed by atoms with van der Waals surface area (Å²) in [6.07, 6.45) is 1.62. The highest BCUT2D eigenvalue weighted by Crippen LogP contribution is 2.25. The highest BCUT2D eigenvalue weighted by molar-refractivity contribution is 7.99. The van der Waals surface area contributed by atoms with Crippen molar-refractivity contribution in [3.63, 3.8) is 0 Å². The first kappa shape index (κ1) is 12.7. The fourth-order valence-electron chi connectivity index (χ4n) is 1.51. The normalized spacial score (nSPS) is 12.3. The molecule has 5 nitrogen and oxygen atoms in total. The van der Waals surface area contributed by atoms with Gasteiger partial charge in [-0.05, 0) is 26.0 Å². The Morgan fingerprint density at radius 3 is 3.00 bits per heavy atom. The van der Waals surface area contributed by atoms with E-state index in [4.69, 9.17) is 9.68 Å². The summed E-state index contributed by atoms with van der Waals surface area (Å²) in [6, 6.07) is 5.90. The number of rotatable bonds is 5. The molecule has 0 saturated heterocycles. The van der Waals surface area contributed by atoms with Crippen molar-refractivity contribution in [2.75, 3.05) is 5.75 Å². The second-order valence-corrected chi connectivity index (χ2v) is 4.86. The van der Waals surface area contributed by atoms with Crippen LogP contribution in [0.3, 0.4) is 0 Å². The fraction of sp³-hybridized carbons (Fsp3) is 0.417. The molecule has 0 radical (unpaired) electrons. The van der Waals surface area contributed by atoms with Crippen LogP contribution >= 0.6 is 11.8 Å². The molecular weight excluding hydrogens is 248 g/mol. The number of hydrogen-bond donors (Lipinski definition) is 0. The van der Waals surface area contributed by atoms with Crippen molar-refractivity contribution < 1.29 is 4.42 Å². The number of hydrogen-bond acceptors (Lipinski definition) is 5. The van der Waals surface area contributed by atoms with Gasteiger partial charge in [0, 0.05) is 12.3 Å². The molecule has 0 saturated carbocycles. The van der Waals surface area contributed by atoms with Crippen LogP contribution in [0.5, 0.6) is 0 Å². The third-order valence-corrected chi connectivity index (χ3v) is 3.68. The lowest BCUT2D eigenvalue weighted by Crippen LogP contribution is -2.01. The predicted octanol–water partition coefficient (Wildman–Crippen LogP) is 2.81. The number of nitrogens with zero attached hydrogens (tertiary/aromatic N) is 4. The minimum absolute atomic E-state index is 0.00377. The van der Waals surface area contributed by atoms with Crippen molar-refractivity contribution in [3.05, 3.63) is 18.4 Å². The van der Waals surface area contributed by atoms with E-state index >= 15 is 0 Å². The van der Waals surface area contributed by atoms with Gasteiger partial charge in [0.05, 0.1) is 18.3 Å². The Bertz CT molecular complexity index is 541.